The maximum atomic E-state index is 12.1. The Morgan fingerprint density at radius 1 is 1.47 bits per heavy atom. The molecule has 2 unspecified atom stereocenters. The molecule has 1 amide bonds. The van der Waals surface area contributed by atoms with Crippen molar-refractivity contribution in [1.82, 2.24) is 10.3 Å². The van der Waals surface area contributed by atoms with Gasteiger partial charge < -0.3 is 10.6 Å². The van der Waals surface area contributed by atoms with Gasteiger partial charge in [-0.25, -0.2) is 4.98 Å². The minimum absolute atomic E-state index is 0.106. The molecule has 2 N–H and O–H groups in total. The van der Waals surface area contributed by atoms with Crippen molar-refractivity contribution in [1.29, 1.82) is 0 Å². The standard InChI is InChI=1S/C14H25N3OS/c1-5-7-8-11(6-2)13(18)17-14-16-12(9-19-14)10(3)15-4/h9-11,15H,5-8H2,1-4H3,(H,16,17,18). The van der Waals surface area contributed by atoms with Crippen LogP contribution in [0.1, 0.15) is 58.2 Å². The zero-order chi connectivity index (χ0) is 14.3. The number of aromatic nitrogens is 1. The van der Waals surface area contributed by atoms with Gasteiger partial charge in [0.05, 0.1) is 5.69 Å². The largest absolute Gasteiger partial charge is 0.312 e. The van der Waals surface area contributed by atoms with Crippen LogP contribution < -0.4 is 10.6 Å². The summed E-state index contributed by atoms with van der Waals surface area (Å²) >= 11 is 1.49. The molecule has 1 rings (SSSR count). The zero-order valence-corrected chi connectivity index (χ0v) is 13.1. The number of rotatable bonds is 8. The van der Waals surface area contributed by atoms with Crippen molar-refractivity contribution in [3.8, 4) is 0 Å². The predicted octanol–water partition coefficient (Wildman–Crippen LogP) is 3.58. The summed E-state index contributed by atoms with van der Waals surface area (Å²) < 4.78 is 0. The molecule has 2 atom stereocenters. The molecule has 0 saturated heterocycles. The molecule has 0 fully saturated rings. The molecule has 0 aliphatic carbocycles. The van der Waals surface area contributed by atoms with Crippen molar-refractivity contribution >= 4 is 22.4 Å². The lowest BCUT2D eigenvalue weighted by atomic mass is 9.99. The summed E-state index contributed by atoms with van der Waals surface area (Å²) in [6.45, 7) is 6.27. The van der Waals surface area contributed by atoms with Crippen molar-refractivity contribution in [3.05, 3.63) is 11.1 Å². The molecule has 0 radical (unpaired) electrons. The van der Waals surface area contributed by atoms with Crippen LogP contribution in [0.2, 0.25) is 0 Å². The first-order valence-electron chi connectivity index (χ1n) is 7.05. The molecule has 0 bridgehead atoms. The fourth-order valence-electron chi connectivity index (χ4n) is 1.87. The average Bonchev–Trinajstić information content (AvgIpc) is 2.87. The molecular weight excluding hydrogens is 258 g/mol. The summed E-state index contributed by atoms with van der Waals surface area (Å²) in [6, 6.07) is 0.212. The Morgan fingerprint density at radius 3 is 2.79 bits per heavy atom. The molecule has 0 saturated carbocycles. The summed E-state index contributed by atoms with van der Waals surface area (Å²) in [5.41, 5.74) is 0.976. The van der Waals surface area contributed by atoms with E-state index in [1.807, 2.05) is 12.4 Å². The van der Waals surface area contributed by atoms with E-state index < -0.39 is 0 Å². The average molecular weight is 283 g/mol. The predicted molar refractivity (Wildman–Crippen MR) is 81.5 cm³/mol. The summed E-state index contributed by atoms with van der Waals surface area (Å²) in [6.07, 6.45) is 4.08. The fourth-order valence-corrected chi connectivity index (χ4v) is 2.68. The van der Waals surface area contributed by atoms with Crippen LogP contribution in [0.25, 0.3) is 0 Å². The quantitative estimate of drug-likeness (QED) is 0.766. The minimum Gasteiger partial charge on any atom is -0.312 e. The van der Waals surface area contributed by atoms with Gasteiger partial charge in [-0.1, -0.05) is 26.7 Å². The van der Waals surface area contributed by atoms with E-state index >= 15 is 0 Å². The molecule has 108 valence electrons. The van der Waals surface area contributed by atoms with E-state index in [2.05, 4.69) is 36.4 Å². The normalized spacial score (nSPS) is 14.1. The third-order valence-electron chi connectivity index (χ3n) is 3.40. The summed E-state index contributed by atoms with van der Waals surface area (Å²) in [5.74, 6) is 0.211. The van der Waals surface area contributed by atoms with Gasteiger partial charge in [0, 0.05) is 17.3 Å². The van der Waals surface area contributed by atoms with Gasteiger partial charge in [0.15, 0.2) is 5.13 Å². The smallest absolute Gasteiger partial charge is 0.229 e. The van der Waals surface area contributed by atoms with Crippen LogP contribution >= 0.6 is 11.3 Å². The highest BCUT2D eigenvalue weighted by Gasteiger charge is 2.17. The van der Waals surface area contributed by atoms with Crippen molar-refractivity contribution in [3.63, 3.8) is 0 Å². The van der Waals surface area contributed by atoms with E-state index in [-0.39, 0.29) is 17.9 Å². The molecule has 1 aromatic heterocycles. The van der Waals surface area contributed by atoms with Crippen molar-refractivity contribution < 1.29 is 4.79 Å². The molecule has 5 heteroatoms. The highest BCUT2D eigenvalue weighted by Crippen LogP contribution is 2.22. The second-order valence-electron chi connectivity index (χ2n) is 4.82. The van der Waals surface area contributed by atoms with E-state index in [1.54, 1.807) is 0 Å². The van der Waals surface area contributed by atoms with E-state index in [4.69, 9.17) is 0 Å². The lowest BCUT2D eigenvalue weighted by molar-refractivity contribution is -0.120. The summed E-state index contributed by atoms with van der Waals surface area (Å²) in [7, 11) is 1.90. The molecule has 4 nitrogen and oxygen atoms in total. The molecular formula is C14H25N3OS. The van der Waals surface area contributed by atoms with Gasteiger partial charge in [-0.15, -0.1) is 11.3 Å². The van der Waals surface area contributed by atoms with Crippen LogP contribution in [0.4, 0.5) is 5.13 Å². The van der Waals surface area contributed by atoms with Crippen LogP contribution in [0.3, 0.4) is 0 Å². The lowest BCUT2D eigenvalue weighted by Gasteiger charge is -2.13. The van der Waals surface area contributed by atoms with Crippen LogP contribution in [0.5, 0.6) is 0 Å². The number of amides is 1. The summed E-state index contributed by atoms with van der Waals surface area (Å²) in [5, 5.41) is 8.78. The Kier molecular flexibility index (Phi) is 7.02. The number of carbonyl (C=O) groups excluding carboxylic acids is 1. The van der Waals surface area contributed by atoms with Crippen molar-refractivity contribution in [2.75, 3.05) is 12.4 Å². The third kappa shape index (κ3) is 4.91. The monoisotopic (exact) mass is 283 g/mol. The Labute approximate surface area is 120 Å². The molecule has 0 spiro atoms. The summed E-state index contributed by atoms with van der Waals surface area (Å²) in [4.78, 5) is 16.6. The number of thiazole rings is 1. The van der Waals surface area contributed by atoms with Gasteiger partial charge in [0.1, 0.15) is 0 Å². The van der Waals surface area contributed by atoms with Gasteiger partial charge in [0.2, 0.25) is 5.91 Å². The number of nitrogens with zero attached hydrogens (tertiary/aromatic N) is 1. The Morgan fingerprint density at radius 2 is 2.21 bits per heavy atom. The molecule has 0 aliphatic rings. The molecule has 1 heterocycles. The maximum absolute atomic E-state index is 12.1. The van der Waals surface area contributed by atoms with Gasteiger partial charge in [0.25, 0.3) is 0 Å². The molecule has 1 aromatic rings. The second kappa shape index (κ2) is 8.27. The van der Waals surface area contributed by atoms with Crippen molar-refractivity contribution in [2.45, 2.75) is 52.5 Å². The first-order chi connectivity index (χ1) is 9.12. The van der Waals surface area contributed by atoms with Crippen LogP contribution in [-0.4, -0.2) is 17.9 Å². The Balaban J connectivity index is 2.57. The van der Waals surface area contributed by atoms with E-state index in [0.29, 0.717) is 5.13 Å². The van der Waals surface area contributed by atoms with E-state index in [9.17, 15) is 4.79 Å². The Hall–Kier alpha value is -0.940. The highest BCUT2D eigenvalue weighted by atomic mass is 32.1. The van der Waals surface area contributed by atoms with Gasteiger partial charge >= 0.3 is 0 Å². The second-order valence-corrected chi connectivity index (χ2v) is 5.68. The van der Waals surface area contributed by atoms with Crippen LogP contribution in [0.15, 0.2) is 5.38 Å². The first-order valence-corrected chi connectivity index (χ1v) is 7.93. The number of hydrogen-bond acceptors (Lipinski definition) is 4. The molecule has 0 aliphatic heterocycles. The number of carbonyl (C=O) groups is 1. The van der Waals surface area contributed by atoms with Crippen LogP contribution in [-0.2, 0) is 4.79 Å². The number of anilines is 1. The molecule has 0 aromatic carbocycles. The highest BCUT2D eigenvalue weighted by molar-refractivity contribution is 7.13. The van der Waals surface area contributed by atoms with Gasteiger partial charge in [-0.05, 0) is 26.8 Å². The first kappa shape index (κ1) is 16.1. The van der Waals surface area contributed by atoms with E-state index in [0.717, 1.165) is 31.4 Å². The van der Waals surface area contributed by atoms with Crippen molar-refractivity contribution in [2.24, 2.45) is 5.92 Å². The Bertz CT molecular complexity index is 392. The zero-order valence-electron chi connectivity index (χ0n) is 12.3. The minimum atomic E-state index is 0.106. The van der Waals surface area contributed by atoms with Gasteiger partial charge in [-0.2, -0.15) is 0 Å². The van der Waals surface area contributed by atoms with E-state index in [1.165, 1.54) is 11.3 Å². The maximum Gasteiger partial charge on any atom is 0.229 e. The van der Waals surface area contributed by atoms with Gasteiger partial charge in [-0.3, -0.25) is 4.79 Å². The topological polar surface area (TPSA) is 54.0 Å². The lowest BCUT2D eigenvalue weighted by Crippen LogP contribution is -2.22. The number of nitrogens with one attached hydrogen (secondary N) is 2. The SMILES string of the molecule is CCCCC(CC)C(=O)Nc1nc(C(C)NC)cs1. The molecule has 19 heavy (non-hydrogen) atoms. The fraction of sp³-hybridized carbons (Fsp3) is 0.714. The van der Waals surface area contributed by atoms with Crippen LogP contribution in [0, 0.1) is 5.92 Å². The number of hydrogen-bond donors (Lipinski definition) is 2. The number of unbranched alkanes of at least 4 members (excludes halogenated alkanes) is 1. The third-order valence-corrected chi connectivity index (χ3v) is 4.17.